The fraction of sp³-hybridized carbons (Fsp3) is 0.333. The second-order valence-corrected chi connectivity index (χ2v) is 4.88. The Morgan fingerprint density at radius 3 is 2.45 bits per heavy atom. The van der Waals surface area contributed by atoms with Crippen molar-refractivity contribution in [3.63, 3.8) is 0 Å². The van der Waals surface area contributed by atoms with Crippen molar-refractivity contribution in [1.82, 2.24) is 4.90 Å². The Kier molecular flexibility index (Phi) is 4.88. The summed E-state index contributed by atoms with van der Waals surface area (Å²) in [4.78, 5) is 46.9. The number of amides is 3. The number of anilines is 1. The van der Waals surface area contributed by atoms with E-state index in [1.165, 1.54) is 19.1 Å². The van der Waals surface area contributed by atoms with E-state index in [2.05, 4.69) is 5.32 Å². The zero-order chi connectivity index (χ0) is 16.1. The predicted molar refractivity (Wildman–Crippen MR) is 77.0 cm³/mol. The van der Waals surface area contributed by atoms with Gasteiger partial charge < -0.3 is 10.1 Å². The van der Waals surface area contributed by atoms with Crippen LogP contribution < -0.4 is 5.32 Å². The minimum absolute atomic E-state index is 0.212. The number of likely N-dealkylation sites (tertiary alicyclic amines) is 1. The van der Waals surface area contributed by atoms with Crippen LogP contribution in [0, 0.1) is 0 Å². The Morgan fingerprint density at radius 1 is 1.23 bits per heavy atom. The molecule has 116 valence electrons. The van der Waals surface area contributed by atoms with Gasteiger partial charge in [0.25, 0.3) is 5.91 Å². The zero-order valence-electron chi connectivity index (χ0n) is 12.1. The van der Waals surface area contributed by atoms with Gasteiger partial charge >= 0.3 is 5.97 Å². The van der Waals surface area contributed by atoms with Gasteiger partial charge in [0.2, 0.25) is 11.8 Å². The molecule has 0 aromatic heterocycles. The highest BCUT2D eigenvalue weighted by atomic mass is 16.5. The molecule has 1 saturated heterocycles. The minimum Gasteiger partial charge on any atom is -0.452 e. The first-order valence-electron chi connectivity index (χ1n) is 6.85. The molecule has 1 N–H and O–H groups in total. The summed E-state index contributed by atoms with van der Waals surface area (Å²) in [7, 11) is 0. The third kappa shape index (κ3) is 3.91. The van der Waals surface area contributed by atoms with Gasteiger partial charge in [0.1, 0.15) is 0 Å². The molecule has 0 spiro atoms. The number of nitrogens with one attached hydrogen (secondary N) is 1. The first-order chi connectivity index (χ1) is 10.5. The fourth-order valence-corrected chi connectivity index (χ4v) is 2.09. The fourth-order valence-electron chi connectivity index (χ4n) is 2.09. The van der Waals surface area contributed by atoms with E-state index in [0.717, 1.165) is 4.90 Å². The maximum Gasteiger partial charge on any atom is 0.338 e. The number of nitrogens with zero attached hydrogens (tertiary/aromatic N) is 1. The standard InChI is InChI=1S/C15H16N2O5/c1-10(18)16-12-6-4-11(5-7-12)15(21)22-9-14(20)17-8-2-3-13(17)19/h4-7H,2-3,8-9H2,1H3,(H,16,18). The van der Waals surface area contributed by atoms with Crippen molar-refractivity contribution in [2.75, 3.05) is 18.5 Å². The number of hydrogen-bond acceptors (Lipinski definition) is 5. The van der Waals surface area contributed by atoms with Crippen LogP contribution in [0.25, 0.3) is 0 Å². The molecule has 0 aliphatic carbocycles. The molecule has 0 atom stereocenters. The van der Waals surface area contributed by atoms with Crippen LogP contribution in [-0.4, -0.2) is 41.7 Å². The van der Waals surface area contributed by atoms with Crippen LogP contribution in [0.15, 0.2) is 24.3 Å². The van der Waals surface area contributed by atoms with Crippen molar-refractivity contribution >= 4 is 29.4 Å². The number of rotatable bonds is 4. The predicted octanol–water partition coefficient (Wildman–Crippen LogP) is 0.951. The maximum atomic E-state index is 11.8. The zero-order valence-corrected chi connectivity index (χ0v) is 12.1. The number of esters is 1. The Labute approximate surface area is 127 Å². The third-order valence-electron chi connectivity index (χ3n) is 3.14. The van der Waals surface area contributed by atoms with E-state index in [-0.39, 0.29) is 17.4 Å². The molecule has 1 aromatic rings. The highest BCUT2D eigenvalue weighted by molar-refractivity contribution is 5.98. The summed E-state index contributed by atoms with van der Waals surface area (Å²) >= 11 is 0. The number of benzene rings is 1. The first-order valence-corrected chi connectivity index (χ1v) is 6.85. The van der Waals surface area contributed by atoms with Crippen LogP contribution in [-0.2, 0) is 19.1 Å². The Balaban J connectivity index is 1.88. The molecule has 7 nitrogen and oxygen atoms in total. The molecule has 0 saturated carbocycles. The molecule has 22 heavy (non-hydrogen) atoms. The van der Waals surface area contributed by atoms with Crippen molar-refractivity contribution in [1.29, 1.82) is 0 Å². The highest BCUT2D eigenvalue weighted by Crippen LogP contribution is 2.12. The van der Waals surface area contributed by atoms with Crippen molar-refractivity contribution < 1.29 is 23.9 Å². The lowest BCUT2D eigenvalue weighted by Gasteiger charge is -2.13. The SMILES string of the molecule is CC(=O)Nc1ccc(C(=O)OCC(=O)N2CCCC2=O)cc1. The van der Waals surface area contributed by atoms with Gasteiger partial charge in [-0.25, -0.2) is 4.79 Å². The smallest absolute Gasteiger partial charge is 0.338 e. The average Bonchev–Trinajstić information content (AvgIpc) is 2.91. The maximum absolute atomic E-state index is 11.8. The Bertz CT molecular complexity index is 609. The van der Waals surface area contributed by atoms with Crippen LogP contribution in [0.4, 0.5) is 5.69 Å². The Morgan fingerprint density at radius 2 is 1.91 bits per heavy atom. The van der Waals surface area contributed by atoms with Crippen molar-refractivity contribution in [2.24, 2.45) is 0 Å². The lowest BCUT2D eigenvalue weighted by molar-refractivity contribution is -0.143. The number of carbonyl (C=O) groups is 4. The molecule has 1 aliphatic rings. The summed E-state index contributed by atoms with van der Waals surface area (Å²) in [6.45, 7) is 1.30. The van der Waals surface area contributed by atoms with Gasteiger partial charge in [-0.1, -0.05) is 0 Å². The lowest BCUT2D eigenvalue weighted by Crippen LogP contribution is -2.35. The summed E-state index contributed by atoms with van der Waals surface area (Å²) in [5, 5.41) is 2.57. The van der Waals surface area contributed by atoms with E-state index < -0.39 is 18.5 Å². The second-order valence-electron chi connectivity index (χ2n) is 4.88. The number of hydrogen-bond donors (Lipinski definition) is 1. The monoisotopic (exact) mass is 304 g/mol. The van der Waals surface area contributed by atoms with Gasteiger partial charge in [-0.2, -0.15) is 0 Å². The minimum atomic E-state index is -0.658. The van der Waals surface area contributed by atoms with E-state index in [1.54, 1.807) is 12.1 Å². The van der Waals surface area contributed by atoms with Gasteiger partial charge in [0, 0.05) is 25.6 Å². The van der Waals surface area contributed by atoms with Crippen LogP contribution in [0.1, 0.15) is 30.1 Å². The molecule has 1 aromatic carbocycles. The summed E-state index contributed by atoms with van der Waals surface area (Å²) in [6.07, 6.45) is 0.993. The van der Waals surface area contributed by atoms with Crippen molar-refractivity contribution in [3.05, 3.63) is 29.8 Å². The summed E-state index contributed by atoms with van der Waals surface area (Å²) in [5.74, 6) is -1.61. The van der Waals surface area contributed by atoms with E-state index in [4.69, 9.17) is 4.74 Å². The topological polar surface area (TPSA) is 92.8 Å². The van der Waals surface area contributed by atoms with E-state index in [9.17, 15) is 19.2 Å². The van der Waals surface area contributed by atoms with Gasteiger partial charge in [-0.15, -0.1) is 0 Å². The molecular formula is C15H16N2O5. The summed E-state index contributed by atoms with van der Waals surface area (Å²) < 4.78 is 4.90. The molecule has 2 rings (SSSR count). The van der Waals surface area contributed by atoms with Gasteiger partial charge in [0.15, 0.2) is 6.61 Å². The lowest BCUT2D eigenvalue weighted by atomic mass is 10.2. The van der Waals surface area contributed by atoms with Crippen LogP contribution in [0.5, 0.6) is 0 Å². The summed E-state index contributed by atoms with van der Waals surface area (Å²) in [6, 6.07) is 6.09. The quantitative estimate of drug-likeness (QED) is 0.836. The van der Waals surface area contributed by atoms with Gasteiger partial charge in [-0.05, 0) is 30.7 Å². The molecule has 1 fully saturated rings. The molecular weight excluding hydrogens is 288 g/mol. The summed E-state index contributed by atoms with van der Waals surface area (Å²) in [5.41, 5.74) is 0.817. The highest BCUT2D eigenvalue weighted by Gasteiger charge is 2.27. The van der Waals surface area contributed by atoms with E-state index >= 15 is 0 Å². The molecule has 0 radical (unpaired) electrons. The Hall–Kier alpha value is -2.70. The molecule has 0 unspecified atom stereocenters. The average molecular weight is 304 g/mol. The molecule has 0 bridgehead atoms. The van der Waals surface area contributed by atoms with Crippen molar-refractivity contribution in [3.8, 4) is 0 Å². The van der Waals surface area contributed by atoms with Gasteiger partial charge in [0.05, 0.1) is 5.56 Å². The van der Waals surface area contributed by atoms with Crippen LogP contribution in [0.3, 0.4) is 0 Å². The van der Waals surface area contributed by atoms with Crippen LogP contribution in [0.2, 0.25) is 0 Å². The van der Waals surface area contributed by atoms with E-state index in [0.29, 0.717) is 25.1 Å². The van der Waals surface area contributed by atoms with Crippen LogP contribution >= 0.6 is 0 Å². The second kappa shape index (κ2) is 6.84. The molecule has 7 heteroatoms. The molecule has 1 aliphatic heterocycles. The first kappa shape index (κ1) is 15.7. The normalized spacial score (nSPS) is 13.9. The largest absolute Gasteiger partial charge is 0.452 e. The van der Waals surface area contributed by atoms with E-state index in [1.807, 2.05) is 0 Å². The van der Waals surface area contributed by atoms with Gasteiger partial charge in [-0.3, -0.25) is 19.3 Å². The number of carbonyl (C=O) groups excluding carboxylic acids is 4. The number of ether oxygens (including phenoxy) is 1. The third-order valence-corrected chi connectivity index (χ3v) is 3.14. The molecule has 3 amide bonds. The molecule has 1 heterocycles. The number of imide groups is 1. The van der Waals surface area contributed by atoms with Crippen molar-refractivity contribution in [2.45, 2.75) is 19.8 Å².